The average Bonchev–Trinajstić information content (AvgIpc) is 2.41. The van der Waals surface area contributed by atoms with Crippen LogP contribution in [0.25, 0.3) is 0 Å². The van der Waals surface area contributed by atoms with E-state index in [0.29, 0.717) is 12.1 Å². The Morgan fingerprint density at radius 1 is 1.24 bits per heavy atom. The minimum Gasteiger partial charge on any atom is -0.380 e. The second-order valence-electron chi connectivity index (χ2n) is 6.79. The lowest BCUT2D eigenvalue weighted by atomic mass is 9.73. The Labute approximate surface area is 146 Å². The van der Waals surface area contributed by atoms with Crippen LogP contribution in [0.15, 0.2) is 18.2 Å². The Morgan fingerprint density at radius 3 is 2.48 bits per heavy atom. The third-order valence-corrected chi connectivity index (χ3v) is 6.07. The van der Waals surface area contributed by atoms with Crippen molar-refractivity contribution in [3.8, 4) is 0 Å². The highest BCUT2D eigenvalue weighted by Gasteiger charge is 2.40. The summed E-state index contributed by atoms with van der Waals surface area (Å²) in [5.74, 6) is 1.52. The number of benzene rings is 1. The zero-order valence-corrected chi connectivity index (χ0v) is 15.7. The number of nitrogens with zero attached hydrogens (tertiary/aromatic N) is 1. The summed E-state index contributed by atoms with van der Waals surface area (Å²) in [7, 11) is 0. The van der Waals surface area contributed by atoms with Gasteiger partial charge in [-0.3, -0.25) is 0 Å². The van der Waals surface area contributed by atoms with E-state index in [0.717, 1.165) is 22.5 Å². The lowest BCUT2D eigenvalue weighted by Crippen LogP contribution is -2.56. The lowest BCUT2D eigenvalue weighted by molar-refractivity contribution is 0.0518. The molecule has 4 heteroatoms. The van der Waals surface area contributed by atoms with E-state index in [1.165, 1.54) is 35.9 Å². The van der Waals surface area contributed by atoms with Crippen molar-refractivity contribution < 1.29 is 0 Å². The fraction of sp³-hybridized carbons (Fsp3) is 0.647. The first-order chi connectivity index (χ1) is 10.0. The molecule has 2 fully saturated rings. The zero-order valence-electron chi connectivity index (χ0n) is 12.8. The summed E-state index contributed by atoms with van der Waals surface area (Å²) < 4.78 is 1.19. The van der Waals surface area contributed by atoms with Crippen molar-refractivity contribution in [1.82, 2.24) is 4.90 Å². The topological polar surface area (TPSA) is 15.3 Å². The molecule has 1 aromatic carbocycles. The molecular formula is C17H24ClIN2. The minimum absolute atomic E-state index is 0.589. The number of piperidine rings is 1. The molecule has 1 aliphatic carbocycles. The third kappa shape index (κ3) is 3.50. The Bertz CT molecular complexity index is 492. The number of anilines is 1. The summed E-state index contributed by atoms with van der Waals surface area (Å²) in [4.78, 5) is 2.65. The molecule has 1 saturated carbocycles. The van der Waals surface area contributed by atoms with Gasteiger partial charge in [-0.05, 0) is 79.3 Å². The van der Waals surface area contributed by atoms with Gasteiger partial charge >= 0.3 is 0 Å². The first-order valence-electron chi connectivity index (χ1n) is 8.00. The number of hydrogen-bond donors (Lipinski definition) is 1. The highest BCUT2D eigenvalue weighted by atomic mass is 127. The summed E-state index contributed by atoms with van der Waals surface area (Å²) in [6.07, 6.45) is 4.08. The maximum Gasteiger partial charge on any atom is 0.0648 e. The predicted molar refractivity (Wildman–Crippen MR) is 99.1 cm³/mol. The molecule has 2 atom stereocenters. The normalized spacial score (nSPS) is 29.7. The lowest BCUT2D eigenvalue weighted by Gasteiger charge is -2.49. The van der Waals surface area contributed by atoms with E-state index in [1.807, 2.05) is 6.07 Å². The second kappa shape index (κ2) is 6.63. The summed E-state index contributed by atoms with van der Waals surface area (Å²) in [6.45, 7) is 7.10. The molecular weight excluding hydrogens is 395 g/mol. The molecule has 1 saturated heterocycles. The van der Waals surface area contributed by atoms with Gasteiger partial charge in [-0.25, -0.2) is 0 Å². The Kier molecular flexibility index (Phi) is 5.01. The highest BCUT2D eigenvalue weighted by molar-refractivity contribution is 14.1. The van der Waals surface area contributed by atoms with Crippen molar-refractivity contribution in [2.75, 3.05) is 18.4 Å². The molecule has 0 radical (unpaired) electrons. The second-order valence-corrected chi connectivity index (χ2v) is 8.45. The smallest absolute Gasteiger partial charge is 0.0648 e. The monoisotopic (exact) mass is 418 g/mol. The maximum atomic E-state index is 6.41. The van der Waals surface area contributed by atoms with Crippen LogP contribution in [0.2, 0.25) is 5.02 Å². The van der Waals surface area contributed by atoms with Crippen molar-refractivity contribution in [1.29, 1.82) is 0 Å². The van der Waals surface area contributed by atoms with Gasteiger partial charge in [-0.1, -0.05) is 18.0 Å². The highest BCUT2D eigenvalue weighted by Crippen LogP contribution is 2.38. The molecule has 116 valence electrons. The van der Waals surface area contributed by atoms with E-state index in [-0.39, 0.29) is 0 Å². The maximum absolute atomic E-state index is 6.41. The number of hydrogen-bond acceptors (Lipinski definition) is 2. The van der Waals surface area contributed by atoms with Crippen molar-refractivity contribution in [2.45, 2.75) is 45.2 Å². The summed E-state index contributed by atoms with van der Waals surface area (Å²) in [6, 6.07) is 7.56. The number of rotatable bonds is 3. The SMILES string of the molecule is CC(C)N1CC2CCCC(C1)C2Nc1ccc(I)cc1Cl. The average molecular weight is 419 g/mol. The molecule has 21 heavy (non-hydrogen) atoms. The van der Waals surface area contributed by atoms with Gasteiger partial charge in [-0.15, -0.1) is 0 Å². The van der Waals surface area contributed by atoms with Crippen LogP contribution >= 0.6 is 34.2 Å². The first kappa shape index (κ1) is 15.9. The van der Waals surface area contributed by atoms with Crippen LogP contribution in [0.3, 0.4) is 0 Å². The van der Waals surface area contributed by atoms with Gasteiger partial charge in [0.1, 0.15) is 0 Å². The van der Waals surface area contributed by atoms with E-state index in [1.54, 1.807) is 0 Å². The van der Waals surface area contributed by atoms with Gasteiger partial charge in [-0.2, -0.15) is 0 Å². The molecule has 2 nitrogen and oxygen atoms in total. The van der Waals surface area contributed by atoms with Crippen LogP contribution in [-0.4, -0.2) is 30.1 Å². The molecule has 0 aromatic heterocycles. The summed E-state index contributed by atoms with van der Waals surface area (Å²) >= 11 is 8.72. The van der Waals surface area contributed by atoms with Crippen molar-refractivity contribution >= 4 is 39.9 Å². The van der Waals surface area contributed by atoms with Gasteiger partial charge in [0.05, 0.1) is 10.7 Å². The molecule has 1 heterocycles. The molecule has 2 bridgehead atoms. The number of nitrogens with one attached hydrogen (secondary N) is 1. The van der Waals surface area contributed by atoms with E-state index in [4.69, 9.17) is 11.6 Å². The molecule has 2 aliphatic rings. The van der Waals surface area contributed by atoms with Gasteiger partial charge in [0.25, 0.3) is 0 Å². The van der Waals surface area contributed by atoms with Crippen LogP contribution in [0.1, 0.15) is 33.1 Å². The van der Waals surface area contributed by atoms with Crippen LogP contribution < -0.4 is 5.32 Å². The van der Waals surface area contributed by atoms with Crippen LogP contribution in [0.5, 0.6) is 0 Å². The third-order valence-electron chi connectivity index (χ3n) is 5.09. The van der Waals surface area contributed by atoms with Crippen molar-refractivity contribution in [2.24, 2.45) is 11.8 Å². The predicted octanol–water partition coefficient (Wildman–Crippen LogP) is 4.87. The number of fused-ring (bicyclic) bond motifs is 2. The zero-order chi connectivity index (χ0) is 15.0. The van der Waals surface area contributed by atoms with Crippen LogP contribution in [-0.2, 0) is 0 Å². The van der Waals surface area contributed by atoms with Gasteiger partial charge in [0, 0.05) is 28.7 Å². The van der Waals surface area contributed by atoms with Crippen LogP contribution in [0.4, 0.5) is 5.69 Å². The fourth-order valence-corrected chi connectivity index (χ4v) is 4.83. The van der Waals surface area contributed by atoms with Gasteiger partial charge in [0.15, 0.2) is 0 Å². The number of likely N-dealkylation sites (tertiary alicyclic amines) is 1. The van der Waals surface area contributed by atoms with Gasteiger partial charge in [0.2, 0.25) is 0 Å². The van der Waals surface area contributed by atoms with Crippen molar-refractivity contribution in [3.05, 3.63) is 26.8 Å². The van der Waals surface area contributed by atoms with Gasteiger partial charge < -0.3 is 10.2 Å². The van der Waals surface area contributed by atoms with E-state index in [9.17, 15) is 0 Å². The first-order valence-corrected chi connectivity index (χ1v) is 9.46. The fourth-order valence-electron chi connectivity index (χ4n) is 3.92. The molecule has 1 aliphatic heterocycles. The minimum atomic E-state index is 0.589. The standard InChI is InChI=1S/C17H24ClIN2/c1-11(2)21-9-12-4-3-5-13(10-21)17(12)20-16-7-6-14(19)8-15(16)18/h6-8,11-13,17,20H,3-5,9-10H2,1-2H3. The largest absolute Gasteiger partial charge is 0.380 e. The molecule has 3 rings (SSSR count). The summed E-state index contributed by atoms with van der Waals surface area (Å²) in [5, 5.41) is 4.63. The number of halogens is 2. The summed E-state index contributed by atoms with van der Waals surface area (Å²) in [5.41, 5.74) is 1.11. The van der Waals surface area contributed by atoms with E-state index in [2.05, 4.69) is 58.8 Å². The molecule has 0 spiro atoms. The van der Waals surface area contributed by atoms with E-state index >= 15 is 0 Å². The molecule has 2 unspecified atom stereocenters. The van der Waals surface area contributed by atoms with Crippen LogP contribution in [0, 0.1) is 15.4 Å². The quantitative estimate of drug-likeness (QED) is 0.705. The Hall–Kier alpha value is -0.0000000000000000555. The Morgan fingerprint density at radius 2 is 1.90 bits per heavy atom. The molecule has 0 amide bonds. The van der Waals surface area contributed by atoms with Crippen molar-refractivity contribution in [3.63, 3.8) is 0 Å². The molecule has 1 aromatic rings. The Balaban J connectivity index is 1.76. The molecule has 1 N–H and O–H groups in total. The van der Waals surface area contributed by atoms with E-state index < -0.39 is 0 Å².